The van der Waals surface area contributed by atoms with Crippen LogP contribution in [0.5, 0.6) is 5.75 Å². The summed E-state index contributed by atoms with van der Waals surface area (Å²) in [6.07, 6.45) is 0.866. The lowest BCUT2D eigenvalue weighted by molar-refractivity contribution is 0.0889. The zero-order chi connectivity index (χ0) is 22.3. The van der Waals surface area contributed by atoms with E-state index in [1.165, 1.54) is 16.7 Å². The number of ether oxygens (including phenoxy) is 1. The Labute approximate surface area is 184 Å². The monoisotopic (exact) mass is 417 g/mol. The van der Waals surface area contributed by atoms with E-state index in [2.05, 4.69) is 38.2 Å². The second-order valence-electron chi connectivity index (χ2n) is 8.80. The van der Waals surface area contributed by atoms with Crippen molar-refractivity contribution < 1.29 is 14.6 Å². The third kappa shape index (κ3) is 6.69. The number of benzene rings is 3. The summed E-state index contributed by atoms with van der Waals surface area (Å²) in [6, 6.07) is 25.3. The Morgan fingerprint density at radius 1 is 0.903 bits per heavy atom. The third-order valence-electron chi connectivity index (χ3n) is 5.19. The van der Waals surface area contributed by atoms with Gasteiger partial charge in [0.05, 0.1) is 12.6 Å². The Balaban J connectivity index is 1.52. The number of aliphatic hydroxyl groups excluding tert-OH is 1. The first kappa shape index (κ1) is 22.6. The van der Waals surface area contributed by atoms with E-state index in [-0.39, 0.29) is 24.5 Å². The van der Waals surface area contributed by atoms with Crippen LogP contribution in [0, 0.1) is 0 Å². The maximum absolute atomic E-state index is 12.5. The number of aliphatic hydroxyl groups is 1. The predicted molar refractivity (Wildman–Crippen MR) is 125 cm³/mol. The first-order chi connectivity index (χ1) is 14.8. The number of carbonyl (C=O) groups excluding carboxylic acids is 1. The summed E-state index contributed by atoms with van der Waals surface area (Å²) >= 11 is 0. The van der Waals surface area contributed by atoms with Crippen LogP contribution in [0.4, 0.5) is 0 Å². The lowest BCUT2D eigenvalue weighted by Gasteiger charge is -2.20. The Kier molecular flexibility index (Phi) is 7.48. The van der Waals surface area contributed by atoms with Crippen molar-refractivity contribution in [3.63, 3.8) is 0 Å². The molecule has 0 spiro atoms. The summed E-state index contributed by atoms with van der Waals surface area (Å²) in [7, 11) is 0. The van der Waals surface area contributed by atoms with Crippen LogP contribution in [0.15, 0.2) is 78.9 Å². The summed E-state index contributed by atoms with van der Waals surface area (Å²) in [5.41, 5.74) is 4.23. The highest BCUT2D eigenvalue weighted by atomic mass is 16.5. The van der Waals surface area contributed by atoms with Gasteiger partial charge >= 0.3 is 0 Å². The molecule has 0 saturated carbocycles. The molecule has 4 heteroatoms. The summed E-state index contributed by atoms with van der Waals surface area (Å²) in [5.74, 6) is 0.486. The molecule has 0 aliphatic carbocycles. The van der Waals surface area contributed by atoms with Crippen LogP contribution in [0.2, 0.25) is 0 Å². The highest BCUT2D eigenvalue weighted by molar-refractivity contribution is 5.94. The molecular formula is C27H31NO3. The van der Waals surface area contributed by atoms with Gasteiger partial charge in [-0.3, -0.25) is 4.79 Å². The van der Waals surface area contributed by atoms with Gasteiger partial charge in [-0.2, -0.15) is 0 Å². The molecule has 0 fully saturated rings. The molecule has 3 aromatic carbocycles. The number of carbonyl (C=O) groups is 1. The number of amides is 1. The third-order valence-corrected chi connectivity index (χ3v) is 5.19. The molecule has 0 bridgehead atoms. The second-order valence-corrected chi connectivity index (χ2v) is 8.80. The average molecular weight is 418 g/mol. The molecule has 3 aromatic rings. The Hall–Kier alpha value is -3.11. The van der Waals surface area contributed by atoms with Crippen LogP contribution < -0.4 is 10.1 Å². The molecule has 2 N–H and O–H groups in total. The van der Waals surface area contributed by atoms with E-state index in [0.29, 0.717) is 11.3 Å². The summed E-state index contributed by atoms with van der Waals surface area (Å²) in [6.45, 7) is 6.40. The molecule has 1 atom stereocenters. The molecule has 0 aliphatic heterocycles. The first-order valence-corrected chi connectivity index (χ1v) is 10.6. The highest BCUT2D eigenvalue weighted by Gasteiger charge is 2.16. The predicted octanol–water partition coefficient (Wildman–Crippen LogP) is 4.74. The zero-order valence-electron chi connectivity index (χ0n) is 18.5. The van der Waals surface area contributed by atoms with Gasteiger partial charge in [-0.05, 0) is 52.8 Å². The van der Waals surface area contributed by atoms with Crippen molar-refractivity contribution in [3.05, 3.63) is 101 Å². The summed E-state index contributed by atoms with van der Waals surface area (Å²) in [4.78, 5) is 12.5. The largest absolute Gasteiger partial charge is 0.491 e. The maximum Gasteiger partial charge on any atom is 0.251 e. The molecule has 31 heavy (non-hydrogen) atoms. The van der Waals surface area contributed by atoms with Crippen molar-refractivity contribution in [1.82, 2.24) is 5.32 Å². The van der Waals surface area contributed by atoms with Gasteiger partial charge in [-0.1, -0.05) is 75.4 Å². The Morgan fingerprint density at radius 3 is 2.10 bits per heavy atom. The molecule has 0 saturated heterocycles. The smallest absolute Gasteiger partial charge is 0.251 e. The minimum atomic E-state index is -0.487. The van der Waals surface area contributed by atoms with Crippen LogP contribution in [-0.2, 0) is 11.8 Å². The fraction of sp³-hybridized carbons (Fsp3) is 0.296. The van der Waals surface area contributed by atoms with Crippen molar-refractivity contribution in [2.24, 2.45) is 0 Å². The summed E-state index contributed by atoms with van der Waals surface area (Å²) in [5, 5.41) is 12.5. The van der Waals surface area contributed by atoms with Crippen LogP contribution in [0.3, 0.4) is 0 Å². The second kappa shape index (κ2) is 10.3. The molecular weight excluding hydrogens is 386 g/mol. The molecule has 3 rings (SSSR count). The lowest BCUT2D eigenvalue weighted by atomic mass is 9.86. The fourth-order valence-electron chi connectivity index (χ4n) is 3.26. The van der Waals surface area contributed by atoms with Crippen molar-refractivity contribution in [2.75, 3.05) is 13.2 Å². The van der Waals surface area contributed by atoms with Gasteiger partial charge in [0, 0.05) is 5.56 Å². The van der Waals surface area contributed by atoms with E-state index >= 15 is 0 Å². The van der Waals surface area contributed by atoms with Gasteiger partial charge < -0.3 is 15.2 Å². The number of hydrogen-bond acceptors (Lipinski definition) is 3. The fourth-order valence-corrected chi connectivity index (χ4v) is 3.26. The molecule has 0 aliphatic rings. The number of hydrogen-bond donors (Lipinski definition) is 2. The number of rotatable bonds is 8. The van der Waals surface area contributed by atoms with Gasteiger partial charge in [0.25, 0.3) is 5.91 Å². The van der Waals surface area contributed by atoms with E-state index in [4.69, 9.17) is 4.74 Å². The lowest BCUT2D eigenvalue weighted by Crippen LogP contribution is -2.41. The van der Waals surface area contributed by atoms with E-state index in [9.17, 15) is 9.90 Å². The quantitative estimate of drug-likeness (QED) is 0.556. The van der Waals surface area contributed by atoms with Gasteiger partial charge in [-0.15, -0.1) is 0 Å². The van der Waals surface area contributed by atoms with Crippen LogP contribution in [-0.4, -0.2) is 30.3 Å². The summed E-state index contributed by atoms with van der Waals surface area (Å²) < 4.78 is 5.79. The SMILES string of the molecule is CC(C)(C)c1ccc(C(=O)NC(CO)COc2ccc(Cc3ccccc3)cc2)cc1. The first-order valence-electron chi connectivity index (χ1n) is 10.6. The topological polar surface area (TPSA) is 58.6 Å². The number of nitrogens with one attached hydrogen (secondary N) is 1. The van der Waals surface area contributed by atoms with Crippen LogP contribution >= 0.6 is 0 Å². The minimum absolute atomic E-state index is 0.0348. The van der Waals surface area contributed by atoms with Gasteiger partial charge in [0.1, 0.15) is 12.4 Å². The minimum Gasteiger partial charge on any atom is -0.491 e. The van der Waals surface area contributed by atoms with Crippen molar-refractivity contribution >= 4 is 5.91 Å². The maximum atomic E-state index is 12.5. The molecule has 162 valence electrons. The van der Waals surface area contributed by atoms with Gasteiger partial charge in [-0.25, -0.2) is 0 Å². The van der Waals surface area contributed by atoms with Gasteiger partial charge in [0.15, 0.2) is 0 Å². The molecule has 0 heterocycles. The normalized spacial score (nSPS) is 12.3. The van der Waals surface area contributed by atoms with E-state index in [1.807, 2.05) is 66.7 Å². The molecule has 1 amide bonds. The zero-order valence-corrected chi connectivity index (χ0v) is 18.5. The van der Waals surface area contributed by atoms with Crippen molar-refractivity contribution in [3.8, 4) is 5.75 Å². The average Bonchev–Trinajstić information content (AvgIpc) is 2.77. The Bertz CT molecular complexity index is 958. The van der Waals surface area contributed by atoms with E-state index in [1.54, 1.807) is 0 Å². The van der Waals surface area contributed by atoms with Gasteiger partial charge in [0.2, 0.25) is 0 Å². The van der Waals surface area contributed by atoms with Crippen molar-refractivity contribution in [1.29, 1.82) is 0 Å². The van der Waals surface area contributed by atoms with E-state index in [0.717, 1.165) is 6.42 Å². The van der Waals surface area contributed by atoms with Crippen molar-refractivity contribution in [2.45, 2.75) is 38.6 Å². The molecule has 1 unspecified atom stereocenters. The van der Waals surface area contributed by atoms with Crippen LogP contribution in [0.25, 0.3) is 0 Å². The molecule has 0 radical (unpaired) electrons. The van der Waals surface area contributed by atoms with Crippen LogP contribution in [0.1, 0.15) is 47.8 Å². The standard InChI is InChI=1S/C27H31NO3/c1-27(2,3)23-13-11-22(12-14-23)26(30)28-24(18-29)19-31-25-15-9-21(10-16-25)17-20-7-5-4-6-8-20/h4-16,24,29H,17-19H2,1-3H3,(H,28,30). The Morgan fingerprint density at radius 2 is 1.52 bits per heavy atom. The molecule has 0 aromatic heterocycles. The molecule has 4 nitrogen and oxygen atoms in total. The van der Waals surface area contributed by atoms with E-state index < -0.39 is 6.04 Å². The highest BCUT2D eigenvalue weighted by Crippen LogP contribution is 2.22.